The van der Waals surface area contributed by atoms with Crippen molar-refractivity contribution in [1.29, 1.82) is 0 Å². The van der Waals surface area contributed by atoms with E-state index in [9.17, 15) is 0 Å². The van der Waals surface area contributed by atoms with E-state index in [-0.39, 0.29) is 0 Å². The smallest absolute Gasteiger partial charge is 0.0625 e. The lowest BCUT2D eigenvalue weighted by Crippen LogP contribution is -2.09. The van der Waals surface area contributed by atoms with E-state index in [2.05, 4.69) is 216 Å². The number of hydrogen-bond acceptors (Lipinski definition) is 1. The number of hydrogen-bond donors (Lipinski definition) is 0. The van der Waals surface area contributed by atoms with Crippen LogP contribution in [-0.4, -0.2) is 4.57 Å². The van der Waals surface area contributed by atoms with Crippen molar-refractivity contribution in [1.82, 2.24) is 4.57 Å². The Hall–Kier alpha value is -6.90. The Morgan fingerprint density at radius 1 is 0.346 bits per heavy atom. The van der Waals surface area contributed by atoms with Crippen LogP contribution in [0.4, 0.5) is 17.1 Å². The average molecular weight is 663 g/mol. The van der Waals surface area contributed by atoms with Gasteiger partial charge in [0.15, 0.2) is 0 Å². The second kappa shape index (κ2) is 12.5. The molecule has 0 aliphatic heterocycles. The van der Waals surface area contributed by atoms with Gasteiger partial charge in [0.25, 0.3) is 0 Å². The van der Waals surface area contributed by atoms with Gasteiger partial charge in [0.05, 0.1) is 11.0 Å². The van der Waals surface area contributed by atoms with Crippen LogP contribution in [0.15, 0.2) is 206 Å². The number of rotatable bonds is 6. The van der Waals surface area contributed by atoms with Crippen LogP contribution in [0, 0.1) is 0 Å². The van der Waals surface area contributed by atoms with Crippen LogP contribution >= 0.6 is 0 Å². The summed E-state index contributed by atoms with van der Waals surface area (Å²) >= 11 is 0. The summed E-state index contributed by atoms with van der Waals surface area (Å²) in [6, 6.07) is 74.7. The molecule has 9 aromatic carbocycles. The van der Waals surface area contributed by atoms with Crippen molar-refractivity contribution >= 4 is 60.4 Å². The predicted molar refractivity (Wildman–Crippen MR) is 221 cm³/mol. The molecule has 1 aromatic heterocycles. The second-order valence-electron chi connectivity index (χ2n) is 13.4. The van der Waals surface area contributed by atoms with E-state index in [1.807, 2.05) is 0 Å². The summed E-state index contributed by atoms with van der Waals surface area (Å²) in [5, 5.41) is 7.39. The third-order valence-electron chi connectivity index (χ3n) is 10.3. The summed E-state index contributed by atoms with van der Waals surface area (Å²) in [4.78, 5) is 2.37. The third-order valence-corrected chi connectivity index (χ3v) is 10.3. The molecule has 0 unspecified atom stereocenters. The van der Waals surface area contributed by atoms with Crippen LogP contribution in [-0.2, 0) is 0 Å². The summed E-state index contributed by atoms with van der Waals surface area (Å²) in [5.74, 6) is 0. The van der Waals surface area contributed by atoms with Gasteiger partial charge in [-0.15, -0.1) is 0 Å². The normalized spacial score (nSPS) is 11.5. The maximum atomic E-state index is 2.48. The SMILES string of the molecule is c1ccc(-c2ccc(N(c3ccccc3)c3ccc4c(c3)c3c(-c5ccccc5)cc5ccccc5c3n4-c3ccc4ccccc4c3)cc2)cc1. The summed E-state index contributed by atoms with van der Waals surface area (Å²) in [5.41, 5.74) is 11.7. The van der Waals surface area contributed by atoms with Gasteiger partial charge >= 0.3 is 0 Å². The topological polar surface area (TPSA) is 8.17 Å². The lowest BCUT2D eigenvalue weighted by atomic mass is 9.95. The Morgan fingerprint density at radius 3 is 1.67 bits per heavy atom. The first kappa shape index (κ1) is 30.0. The molecule has 0 aliphatic carbocycles. The molecule has 0 bridgehead atoms. The molecule has 244 valence electrons. The zero-order chi connectivity index (χ0) is 34.4. The van der Waals surface area contributed by atoms with Gasteiger partial charge in [-0.25, -0.2) is 0 Å². The number of benzene rings is 9. The average Bonchev–Trinajstić information content (AvgIpc) is 3.57. The fraction of sp³-hybridized carbons (Fsp3) is 0. The van der Waals surface area contributed by atoms with E-state index in [0.29, 0.717) is 0 Å². The highest BCUT2D eigenvalue weighted by Gasteiger charge is 2.22. The van der Waals surface area contributed by atoms with Crippen molar-refractivity contribution < 1.29 is 0 Å². The summed E-state index contributed by atoms with van der Waals surface area (Å²) < 4.78 is 2.48. The molecule has 0 amide bonds. The van der Waals surface area contributed by atoms with Gasteiger partial charge in [-0.1, -0.05) is 146 Å². The standard InChI is InChI=1S/C50H34N2/c1-4-14-35(15-5-1)37-24-27-42(28-25-37)51(41-21-8-3-9-22-41)44-30-31-48-47(34-44)49-46(38-17-6-2-7-18-38)33-40-20-12-13-23-45(40)50(49)52(48)43-29-26-36-16-10-11-19-39(36)32-43/h1-34H. The van der Waals surface area contributed by atoms with Crippen LogP contribution in [0.5, 0.6) is 0 Å². The third kappa shape index (κ3) is 5.04. The van der Waals surface area contributed by atoms with Gasteiger partial charge in [0.2, 0.25) is 0 Å². The molecule has 52 heavy (non-hydrogen) atoms. The molecule has 0 saturated heterocycles. The van der Waals surface area contributed by atoms with Gasteiger partial charge in [-0.3, -0.25) is 0 Å². The molecule has 0 aliphatic rings. The first-order chi connectivity index (χ1) is 25.8. The van der Waals surface area contributed by atoms with Gasteiger partial charge in [-0.05, 0) is 99.1 Å². The molecule has 0 N–H and O–H groups in total. The van der Waals surface area contributed by atoms with Crippen molar-refractivity contribution in [3.8, 4) is 27.9 Å². The number of anilines is 3. The highest BCUT2D eigenvalue weighted by molar-refractivity contribution is 6.24. The number of para-hydroxylation sites is 1. The van der Waals surface area contributed by atoms with Crippen LogP contribution in [0.25, 0.3) is 71.3 Å². The monoisotopic (exact) mass is 662 g/mol. The number of nitrogens with zero attached hydrogens (tertiary/aromatic N) is 2. The van der Waals surface area contributed by atoms with E-state index in [0.717, 1.165) is 22.7 Å². The Morgan fingerprint density at radius 2 is 0.923 bits per heavy atom. The summed E-state index contributed by atoms with van der Waals surface area (Å²) in [7, 11) is 0. The van der Waals surface area contributed by atoms with Crippen LogP contribution in [0.3, 0.4) is 0 Å². The molecule has 0 spiro atoms. The summed E-state index contributed by atoms with van der Waals surface area (Å²) in [6.45, 7) is 0. The minimum absolute atomic E-state index is 1.11. The predicted octanol–water partition coefficient (Wildman–Crippen LogP) is 13.9. The first-order valence-electron chi connectivity index (χ1n) is 17.9. The van der Waals surface area contributed by atoms with Crippen molar-refractivity contribution in [3.05, 3.63) is 206 Å². The fourth-order valence-corrected chi connectivity index (χ4v) is 7.90. The van der Waals surface area contributed by atoms with Gasteiger partial charge in [0, 0.05) is 38.9 Å². The molecule has 2 heteroatoms. The highest BCUT2D eigenvalue weighted by Crippen LogP contribution is 2.45. The maximum absolute atomic E-state index is 2.48. The van der Waals surface area contributed by atoms with Crippen LogP contribution in [0.2, 0.25) is 0 Å². The van der Waals surface area contributed by atoms with Crippen molar-refractivity contribution in [3.63, 3.8) is 0 Å². The molecular formula is C50H34N2. The van der Waals surface area contributed by atoms with Crippen LogP contribution in [0.1, 0.15) is 0 Å². The molecule has 10 rings (SSSR count). The number of aromatic nitrogens is 1. The van der Waals surface area contributed by atoms with E-state index >= 15 is 0 Å². The van der Waals surface area contributed by atoms with Gasteiger partial charge in [0.1, 0.15) is 0 Å². The molecule has 1 heterocycles. The molecular weight excluding hydrogens is 629 g/mol. The fourth-order valence-electron chi connectivity index (χ4n) is 7.90. The first-order valence-corrected chi connectivity index (χ1v) is 17.9. The molecule has 2 nitrogen and oxygen atoms in total. The molecule has 0 fully saturated rings. The Labute approximate surface area is 303 Å². The Balaban J connectivity index is 1.28. The van der Waals surface area contributed by atoms with Gasteiger partial charge in [-0.2, -0.15) is 0 Å². The Kier molecular flexibility index (Phi) is 7.18. The lowest BCUT2D eigenvalue weighted by molar-refractivity contribution is 1.19. The maximum Gasteiger partial charge on any atom is 0.0625 e. The second-order valence-corrected chi connectivity index (χ2v) is 13.4. The van der Waals surface area contributed by atoms with E-state index in [1.54, 1.807) is 0 Å². The minimum Gasteiger partial charge on any atom is -0.310 e. The van der Waals surface area contributed by atoms with Crippen molar-refractivity contribution in [2.75, 3.05) is 4.90 Å². The molecule has 0 atom stereocenters. The molecule has 10 aromatic rings. The highest BCUT2D eigenvalue weighted by atomic mass is 15.1. The molecule has 0 saturated carbocycles. The minimum atomic E-state index is 1.11. The van der Waals surface area contributed by atoms with Crippen molar-refractivity contribution in [2.24, 2.45) is 0 Å². The quantitative estimate of drug-likeness (QED) is 0.172. The van der Waals surface area contributed by atoms with E-state index in [4.69, 9.17) is 0 Å². The van der Waals surface area contributed by atoms with Crippen LogP contribution < -0.4 is 4.90 Å². The molecule has 0 radical (unpaired) electrons. The zero-order valence-electron chi connectivity index (χ0n) is 28.5. The van der Waals surface area contributed by atoms with Gasteiger partial charge < -0.3 is 9.47 Å². The summed E-state index contributed by atoms with van der Waals surface area (Å²) in [6.07, 6.45) is 0. The van der Waals surface area contributed by atoms with Crippen molar-refractivity contribution in [2.45, 2.75) is 0 Å². The largest absolute Gasteiger partial charge is 0.310 e. The van der Waals surface area contributed by atoms with E-state index in [1.165, 1.54) is 65.6 Å². The van der Waals surface area contributed by atoms with E-state index < -0.39 is 0 Å². The lowest BCUT2D eigenvalue weighted by Gasteiger charge is -2.26. The zero-order valence-corrected chi connectivity index (χ0v) is 28.5. The number of fused-ring (bicyclic) bond motifs is 6. The Bertz CT molecular complexity index is 2870.